The Hall–Kier alpha value is -1.84. The molecule has 1 fully saturated rings. The third kappa shape index (κ3) is 2.40. The summed E-state index contributed by atoms with van der Waals surface area (Å²) in [7, 11) is 0. The zero-order chi connectivity index (χ0) is 15.9. The molecule has 4 nitrogen and oxygen atoms in total. The van der Waals surface area contributed by atoms with E-state index in [1.807, 2.05) is 19.9 Å². The number of carboxylic acids is 1. The maximum Gasteiger partial charge on any atom is 0.326 e. The summed E-state index contributed by atoms with van der Waals surface area (Å²) in [4.78, 5) is 23.8. The van der Waals surface area contributed by atoms with Crippen molar-refractivity contribution in [3.63, 3.8) is 0 Å². The number of carboxylic acid groups (broad SMARTS) is 1. The van der Waals surface area contributed by atoms with Crippen molar-refractivity contribution in [2.75, 3.05) is 0 Å². The number of fused-ring (bicyclic) bond motifs is 2. The Morgan fingerprint density at radius 1 is 1.32 bits per heavy atom. The summed E-state index contributed by atoms with van der Waals surface area (Å²) in [5, 5.41) is 12.0. The number of aliphatic carboxylic acids is 1. The zero-order valence-corrected chi connectivity index (χ0v) is 13.1. The zero-order valence-electron chi connectivity index (χ0n) is 13.1. The average molecular weight is 301 g/mol. The molecule has 4 heteroatoms. The number of benzene rings is 1. The van der Waals surface area contributed by atoms with Gasteiger partial charge in [0.15, 0.2) is 0 Å². The lowest BCUT2D eigenvalue weighted by Crippen LogP contribution is -2.45. The van der Waals surface area contributed by atoms with Crippen LogP contribution in [-0.4, -0.2) is 23.0 Å². The molecule has 3 atom stereocenters. The molecule has 2 aliphatic rings. The summed E-state index contributed by atoms with van der Waals surface area (Å²) >= 11 is 0. The number of rotatable bonds is 4. The second-order valence-electron chi connectivity index (χ2n) is 6.99. The van der Waals surface area contributed by atoms with Gasteiger partial charge < -0.3 is 10.4 Å². The van der Waals surface area contributed by atoms with Crippen LogP contribution in [0.25, 0.3) is 0 Å². The molecule has 2 aliphatic carbocycles. The Balaban J connectivity index is 1.77. The molecule has 0 aromatic heterocycles. The Kier molecular flexibility index (Phi) is 3.71. The van der Waals surface area contributed by atoms with Gasteiger partial charge in [0, 0.05) is 11.3 Å². The van der Waals surface area contributed by atoms with Crippen molar-refractivity contribution >= 4 is 11.9 Å². The first-order valence-corrected chi connectivity index (χ1v) is 8.07. The lowest BCUT2D eigenvalue weighted by atomic mass is 9.78. The van der Waals surface area contributed by atoms with Crippen LogP contribution < -0.4 is 5.32 Å². The minimum absolute atomic E-state index is 0.0427. The molecule has 22 heavy (non-hydrogen) atoms. The van der Waals surface area contributed by atoms with Gasteiger partial charge in [-0.2, -0.15) is 0 Å². The van der Waals surface area contributed by atoms with Crippen LogP contribution in [0.3, 0.4) is 0 Å². The molecule has 0 bridgehead atoms. The predicted molar refractivity (Wildman–Crippen MR) is 83.6 cm³/mol. The second-order valence-corrected chi connectivity index (χ2v) is 6.99. The van der Waals surface area contributed by atoms with Crippen LogP contribution in [0.4, 0.5) is 0 Å². The molecule has 2 N–H and O–H groups in total. The summed E-state index contributed by atoms with van der Waals surface area (Å²) in [5.74, 6) is -1.25. The van der Waals surface area contributed by atoms with Crippen LogP contribution in [0.1, 0.15) is 44.2 Å². The number of amides is 1. The van der Waals surface area contributed by atoms with Crippen molar-refractivity contribution in [3.8, 4) is 0 Å². The largest absolute Gasteiger partial charge is 0.480 e. The first-order chi connectivity index (χ1) is 10.5. The van der Waals surface area contributed by atoms with Gasteiger partial charge in [-0.15, -0.1) is 0 Å². The minimum atomic E-state index is -0.956. The van der Waals surface area contributed by atoms with E-state index >= 15 is 0 Å². The molecule has 1 spiro atoms. The predicted octanol–water partition coefficient (Wildman–Crippen LogP) is 2.51. The molecule has 1 amide bonds. The molecule has 118 valence electrons. The number of nitrogens with one attached hydrogen (secondary N) is 1. The maximum absolute atomic E-state index is 12.5. The fourth-order valence-electron chi connectivity index (χ4n) is 3.94. The van der Waals surface area contributed by atoms with Crippen molar-refractivity contribution in [1.29, 1.82) is 0 Å². The summed E-state index contributed by atoms with van der Waals surface area (Å²) in [6.07, 6.45) is 4.06. The van der Waals surface area contributed by atoms with E-state index in [2.05, 4.69) is 23.5 Å². The lowest BCUT2D eigenvalue weighted by Gasteiger charge is -2.27. The van der Waals surface area contributed by atoms with Gasteiger partial charge in [0.05, 0.1) is 0 Å². The van der Waals surface area contributed by atoms with Gasteiger partial charge in [-0.25, -0.2) is 4.79 Å². The van der Waals surface area contributed by atoms with Crippen molar-refractivity contribution < 1.29 is 14.7 Å². The number of hydrogen-bond donors (Lipinski definition) is 2. The quantitative estimate of drug-likeness (QED) is 0.898. The first-order valence-electron chi connectivity index (χ1n) is 8.07. The molecule has 2 unspecified atom stereocenters. The second kappa shape index (κ2) is 5.41. The molecule has 1 aromatic carbocycles. The van der Waals surface area contributed by atoms with Crippen molar-refractivity contribution in [2.45, 2.75) is 51.0 Å². The van der Waals surface area contributed by atoms with Gasteiger partial charge in [-0.05, 0) is 42.7 Å². The Labute approximate surface area is 130 Å². The average Bonchev–Trinajstić information content (AvgIpc) is 3.19. The van der Waals surface area contributed by atoms with E-state index in [0.29, 0.717) is 0 Å². The molecule has 0 saturated heterocycles. The van der Waals surface area contributed by atoms with Crippen LogP contribution in [0.15, 0.2) is 24.3 Å². The molecule has 3 rings (SSSR count). The lowest BCUT2D eigenvalue weighted by molar-refractivity contribution is -0.143. The van der Waals surface area contributed by atoms with Crippen molar-refractivity contribution in [3.05, 3.63) is 35.4 Å². The maximum atomic E-state index is 12.5. The first kappa shape index (κ1) is 15.1. The molecule has 1 saturated carbocycles. The normalized spacial score (nSPS) is 27.3. The number of aryl methyl sites for hydroxylation is 1. The highest BCUT2D eigenvalue weighted by molar-refractivity contribution is 5.88. The Morgan fingerprint density at radius 2 is 2.05 bits per heavy atom. The number of carbonyl (C=O) groups is 2. The van der Waals surface area contributed by atoms with Crippen LogP contribution in [0, 0.1) is 11.8 Å². The summed E-state index contributed by atoms with van der Waals surface area (Å²) in [6, 6.07) is 7.57. The van der Waals surface area contributed by atoms with Crippen LogP contribution in [0.2, 0.25) is 0 Å². The SMILES string of the molecule is CC(C)[C@H](NC(=O)C1CC12CCCc1ccccc12)C(=O)O. The van der Waals surface area contributed by atoms with Gasteiger partial charge in [0.2, 0.25) is 5.91 Å². The minimum Gasteiger partial charge on any atom is -0.480 e. The van der Waals surface area contributed by atoms with E-state index in [4.69, 9.17) is 0 Å². The Bertz CT molecular complexity index is 610. The molecule has 1 aromatic rings. The van der Waals surface area contributed by atoms with Crippen molar-refractivity contribution in [1.82, 2.24) is 5.32 Å². The highest BCUT2D eigenvalue weighted by atomic mass is 16.4. The standard InChI is InChI=1S/C18H23NO3/c1-11(2)15(17(21)22)19-16(20)14-10-18(14)9-5-7-12-6-3-4-8-13(12)18/h3-4,6,8,11,14-15H,5,7,9-10H2,1-2H3,(H,19,20)(H,21,22)/t14?,15-,18?/m0/s1. The van der Waals surface area contributed by atoms with E-state index in [-0.39, 0.29) is 23.2 Å². The van der Waals surface area contributed by atoms with E-state index in [1.54, 1.807) is 0 Å². The number of carbonyl (C=O) groups excluding carboxylic acids is 1. The third-order valence-corrected chi connectivity index (χ3v) is 5.25. The van der Waals surface area contributed by atoms with Gasteiger partial charge in [-0.3, -0.25) is 4.79 Å². The Morgan fingerprint density at radius 3 is 2.73 bits per heavy atom. The molecule has 0 aliphatic heterocycles. The van der Waals surface area contributed by atoms with Crippen LogP contribution in [0.5, 0.6) is 0 Å². The monoisotopic (exact) mass is 301 g/mol. The van der Waals surface area contributed by atoms with E-state index in [9.17, 15) is 14.7 Å². The molecular formula is C18H23NO3. The molecular weight excluding hydrogens is 278 g/mol. The van der Waals surface area contributed by atoms with E-state index in [0.717, 1.165) is 25.7 Å². The van der Waals surface area contributed by atoms with E-state index in [1.165, 1.54) is 11.1 Å². The third-order valence-electron chi connectivity index (χ3n) is 5.25. The fourth-order valence-corrected chi connectivity index (χ4v) is 3.94. The van der Waals surface area contributed by atoms with Gasteiger partial charge in [0.25, 0.3) is 0 Å². The van der Waals surface area contributed by atoms with Crippen LogP contribution in [-0.2, 0) is 21.4 Å². The van der Waals surface area contributed by atoms with Gasteiger partial charge >= 0.3 is 5.97 Å². The molecule has 0 heterocycles. The summed E-state index contributed by atoms with van der Waals surface area (Å²) in [5.41, 5.74) is 2.61. The van der Waals surface area contributed by atoms with Gasteiger partial charge in [0.1, 0.15) is 6.04 Å². The highest BCUT2D eigenvalue weighted by Crippen LogP contribution is 2.60. The van der Waals surface area contributed by atoms with Crippen molar-refractivity contribution in [2.24, 2.45) is 11.8 Å². The van der Waals surface area contributed by atoms with Crippen LogP contribution >= 0.6 is 0 Å². The summed E-state index contributed by atoms with van der Waals surface area (Å²) in [6.45, 7) is 3.63. The topological polar surface area (TPSA) is 66.4 Å². The summed E-state index contributed by atoms with van der Waals surface area (Å²) < 4.78 is 0. The van der Waals surface area contributed by atoms with E-state index < -0.39 is 12.0 Å². The fraction of sp³-hybridized carbons (Fsp3) is 0.556. The molecule has 0 radical (unpaired) electrons. The highest BCUT2D eigenvalue weighted by Gasteiger charge is 2.60. The van der Waals surface area contributed by atoms with Gasteiger partial charge in [-0.1, -0.05) is 38.1 Å². The number of hydrogen-bond acceptors (Lipinski definition) is 2. The smallest absolute Gasteiger partial charge is 0.326 e.